The van der Waals surface area contributed by atoms with Gasteiger partial charge in [0.1, 0.15) is 0 Å². The van der Waals surface area contributed by atoms with E-state index in [4.69, 9.17) is 9.05 Å². The van der Waals surface area contributed by atoms with Gasteiger partial charge in [-0.25, -0.2) is 0 Å². The van der Waals surface area contributed by atoms with Crippen LogP contribution in [0.25, 0.3) is 0 Å². The fourth-order valence-corrected chi connectivity index (χ4v) is 3.65. The van der Waals surface area contributed by atoms with Crippen molar-refractivity contribution in [2.75, 3.05) is 14.2 Å². The highest BCUT2D eigenvalue weighted by molar-refractivity contribution is 7.56. The number of ketones is 1. The Morgan fingerprint density at radius 2 is 1.75 bits per heavy atom. The number of unbranched alkanes of at least 4 members (excludes halogenated alkanes) is 1. The summed E-state index contributed by atoms with van der Waals surface area (Å²) >= 11 is 0. The molecule has 0 unspecified atom stereocenters. The number of amides is 1. The van der Waals surface area contributed by atoms with Gasteiger partial charge in [0.15, 0.2) is 5.78 Å². The largest absolute Gasteiger partial charge is 0.363 e. The SMILES string of the molecule is CCC/C=C/C[C@@](NC(C)=O)(C(C)=O)P(=O)(OC)OC. The van der Waals surface area contributed by atoms with Crippen LogP contribution in [0.2, 0.25) is 0 Å². The fraction of sp³-hybridized carbons (Fsp3) is 0.692. The van der Waals surface area contributed by atoms with E-state index in [2.05, 4.69) is 5.32 Å². The van der Waals surface area contributed by atoms with Crippen molar-refractivity contribution in [1.82, 2.24) is 5.32 Å². The van der Waals surface area contributed by atoms with E-state index in [9.17, 15) is 14.2 Å². The van der Waals surface area contributed by atoms with E-state index in [-0.39, 0.29) is 6.42 Å². The number of hydrogen-bond acceptors (Lipinski definition) is 5. The Balaban J connectivity index is 5.64. The van der Waals surface area contributed by atoms with Gasteiger partial charge in [0.05, 0.1) is 0 Å². The second-order valence-electron chi connectivity index (χ2n) is 4.42. The Bertz CT molecular complexity index is 413. The number of nitrogens with one attached hydrogen (secondary N) is 1. The maximum Gasteiger partial charge on any atom is 0.363 e. The van der Waals surface area contributed by atoms with Crippen LogP contribution in [-0.4, -0.2) is 31.2 Å². The molecule has 0 saturated heterocycles. The van der Waals surface area contributed by atoms with Crippen LogP contribution in [-0.2, 0) is 23.2 Å². The third-order valence-electron chi connectivity index (χ3n) is 2.95. The molecule has 0 saturated carbocycles. The Morgan fingerprint density at radius 1 is 1.20 bits per heavy atom. The van der Waals surface area contributed by atoms with Crippen molar-refractivity contribution in [1.29, 1.82) is 0 Å². The van der Waals surface area contributed by atoms with Gasteiger partial charge in [-0.2, -0.15) is 0 Å². The molecule has 0 bridgehead atoms. The first-order valence-electron chi connectivity index (χ1n) is 6.46. The molecule has 0 aliphatic carbocycles. The molecule has 1 atom stereocenters. The van der Waals surface area contributed by atoms with E-state index in [1.54, 1.807) is 6.08 Å². The lowest BCUT2D eigenvalue weighted by molar-refractivity contribution is -0.127. The zero-order chi connectivity index (χ0) is 15.8. The zero-order valence-corrected chi connectivity index (χ0v) is 13.7. The molecule has 1 amide bonds. The van der Waals surface area contributed by atoms with Crippen LogP contribution < -0.4 is 5.32 Å². The monoisotopic (exact) mass is 305 g/mol. The van der Waals surface area contributed by atoms with Gasteiger partial charge < -0.3 is 14.4 Å². The number of carbonyl (C=O) groups is 2. The summed E-state index contributed by atoms with van der Waals surface area (Å²) in [5, 5.41) is 0.771. The highest BCUT2D eigenvalue weighted by Gasteiger charge is 2.54. The summed E-state index contributed by atoms with van der Waals surface area (Å²) in [6.45, 7) is 4.53. The summed E-state index contributed by atoms with van der Waals surface area (Å²) in [4.78, 5) is 23.5. The molecule has 0 spiro atoms. The molecule has 0 fully saturated rings. The molecule has 7 heteroatoms. The lowest BCUT2D eigenvalue weighted by Crippen LogP contribution is -2.53. The van der Waals surface area contributed by atoms with E-state index < -0.39 is 24.6 Å². The van der Waals surface area contributed by atoms with E-state index in [0.29, 0.717) is 0 Å². The number of Topliss-reactive ketones (excluding diaryl/α,β-unsaturated/α-hetero) is 1. The molecule has 0 radical (unpaired) electrons. The van der Waals surface area contributed by atoms with Crippen molar-refractivity contribution in [3.05, 3.63) is 12.2 Å². The molecule has 0 aromatic rings. The Morgan fingerprint density at radius 3 is 2.10 bits per heavy atom. The molecule has 1 N–H and O–H groups in total. The first-order valence-corrected chi connectivity index (χ1v) is 8.00. The van der Waals surface area contributed by atoms with Crippen molar-refractivity contribution < 1.29 is 23.2 Å². The van der Waals surface area contributed by atoms with Crippen LogP contribution >= 0.6 is 7.60 Å². The maximum atomic E-state index is 12.7. The molecule has 0 heterocycles. The minimum Gasteiger partial charge on any atom is -0.333 e. The van der Waals surface area contributed by atoms with E-state index in [1.165, 1.54) is 28.1 Å². The van der Waals surface area contributed by atoms with E-state index in [0.717, 1.165) is 12.8 Å². The fourth-order valence-electron chi connectivity index (χ4n) is 1.87. The summed E-state index contributed by atoms with van der Waals surface area (Å²) in [6, 6.07) is 0. The van der Waals surface area contributed by atoms with Crippen molar-refractivity contribution in [3.8, 4) is 0 Å². The summed E-state index contributed by atoms with van der Waals surface area (Å²) in [5.74, 6) is -0.945. The first-order chi connectivity index (χ1) is 9.29. The molecular formula is C13H24NO5P. The number of carbonyl (C=O) groups excluding carboxylic acids is 2. The van der Waals surface area contributed by atoms with Crippen LogP contribution in [0.3, 0.4) is 0 Å². The molecule has 0 aliphatic rings. The van der Waals surface area contributed by atoms with Gasteiger partial charge in [-0.1, -0.05) is 25.5 Å². The quantitative estimate of drug-likeness (QED) is 0.523. The van der Waals surface area contributed by atoms with Crippen molar-refractivity contribution in [2.45, 2.75) is 45.3 Å². The Kier molecular flexibility index (Phi) is 7.94. The van der Waals surface area contributed by atoms with Crippen LogP contribution in [0, 0.1) is 0 Å². The molecule has 6 nitrogen and oxygen atoms in total. The summed E-state index contributed by atoms with van der Waals surface area (Å²) < 4.78 is 22.6. The second-order valence-corrected chi connectivity index (χ2v) is 6.91. The molecule has 116 valence electrons. The van der Waals surface area contributed by atoms with Crippen molar-refractivity contribution >= 4 is 19.3 Å². The molecular weight excluding hydrogens is 281 g/mol. The zero-order valence-electron chi connectivity index (χ0n) is 12.8. The molecule has 0 aliphatic heterocycles. The number of rotatable bonds is 9. The van der Waals surface area contributed by atoms with Gasteiger partial charge >= 0.3 is 7.60 Å². The second kappa shape index (κ2) is 8.35. The molecule has 20 heavy (non-hydrogen) atoms. The minimum absolute atomic E-state index is 0.0564. The van der Waals surface area contributed by atoms with Crippen LogP contribution in [0.5, 0.6) is 0 Å². The average molecular weight is 305 g/mol. The molecule has 0 aromatic heterocycles. The van der Waals surface area contributed by atoms with Crippen LogP contribution in [0.4, 0.5) is 0 Å². The summed E-state index contributed by atoms with van der Waals surface area (Å²) in [5.41, 5.74) is 0. The first kappa shape index (κ1) is 19.0. The predicted molar refractivity (Wildman–Crippen MR) is 77.5 cm³/mol. The van der Waals surface area contributed by atoms with Gasteiger partial charge in [-0.3, -0.25) is 14.2 Å². The van der Waals surface area contributed by atoms with Gasteiger partial charge in [0.2, 0.25) is 11.2 Å². The van der Waals surface area contributed by atoms with Gasteiger partial charge in [-0.15, -0.1) is 0 Å². The smallest absolute Gasteiger partial charge is 0.333 e. The number of allylic oxidation sites excluding steroid dienone is 1. The third kappa shape index (κ3) is 4.27. The third-order valence-corrected chi connectivity index (χ3v) is 5.45. The van der Waals surface area contributed by atoms with Gasteiger partial charge in [0.25, 0.3) is 0 Å². The van der Waals surface area contributed by atoms with Crippen molar-refractivity contribution in [3.63, 3.8) is 0 Å². The van der Waals surface area contributed by atoms with Crippen LogP contribution in [0.15, 0.2) is 12.2 Å². The normalized spacial score (nSPS) is 15.1. The van der Waals surface area contributed by atoms with Gasteiger partial charge in [0, 0.05) is 27.6 Å². The Labute approximate surface area is 120 Å². The van der Waals surface area contributed by atoms with E-state index >= 15 is 0 Å². The predicted octanol–water partition coefficient (Wildman–Crippen LogP) is 2.64. The minimum atomic E-state index is -3.81. The number of hydrogen-bond donors (Lipinski definition) is 1. The average Bonchev–Trinajstić information content (AvgIpc) is 2.40. The Hall–Kier alpha value is -0.970. The highest BCUT2D eigenvalue weighted by atomic mass is 31.2. The van der Waals surface area contributed by atoms with E-state index in [1.807, 2.05) is 13.0 Å². The topological polar surface area (TPSA) is 81.7 Å². The standard InChI is InChI=1S/C13H24NO5P/c1-6-7-8-9-10-13(11(2)15,14-12(3)16)20(17,18-4)19-5/h8-9H,6-7,10H2,1-5H3,(H,14,16)/b9-8+/t13-/m0/s1. The highest BCUT2D eigenvalue weighted by Crippen LogP contribution is 2.59. The lowest BCUT2D eigenvalue weighted by Gasteiger charge is -2.35. The summed E-state index contributed by atoms with van der Waals surface area (Å²) in [7, 11) is -1.43. The van der Waals surface area contributed by atoms with Crippen LogP contribution in [0.1, 0.15) is 40.0 Å². The summed E-state index contributed by atoms with van der Waals surface area (Å²) in [6.07, 6.45) is 5.43. The lowest BCUT2D eigenvalue weighted by atomic mass is 10.1. The molecule has 0 aromatic carbocycles. The maximum absolute atomic E-state index is 12.7. The van der Waals surface area contributed by atoms with Crippen molar-refractivity contribution in [2.24, 2.45) is 0 Å². The molecule has 0 rings (SSSR count). The van der Waals surface area contributed by atoms with Gasteiger partial charge in [-0.05, 0) is 13.3 Å².